The van der Waals surface area contributed by atoms with E-state index in [1.54, 1.807) is 0 Å². The largest absolute Gasteiger partial charge is 0.385 e. The van der Waals surface area contributed by atoms with Crippen molar-refractivity contribution in [1.82, 2.24) is 0 Å². The minimum atomic E-state index is -0.938. The van der Waals surface area contributed by atoms with Gasteiger partial charge in [0.2, 0.25) is 0 Å². The molecule has 3 aliphatic carbocycles. The first kappa shape index (κ1) is 13.8. The summed E-state index contributed by atoms with van der Waals surface area (Å²) in [7, 11) is 0. The number of hydrogen-bond donors (Lipinski definition) is 2. The van der Waals surface area contributed by atoms with Crippen LogP contribution in [0.1, 0.15) is 44.9 Å². The molecule has 0 saturated heterocycles. The van der Waals surface area contributed by atoms with Crippen molar-refractivity contribution < 1.29 is 10.2 Å². The fourth-order valence-corrected chi connectivity index (χ4v) is 4.32. The molecule has 0 aromatic carbocycles. The van der Waals surface area contributed by atoms with E-state index in [2.05, 4.69) is 0 Å². The van der Waals surface area contributed by atoms with Gasteiger partial charge in [-0.3, -0.25) is 0 Å². The van der Waals surface area contributed by atoms with Crippen molar-refractivity contribution in [1.29, 1.82) is 0 Å². The van der Waals surface area contributed by atoms with Crippen molar-refractivity contribution in [3.63, 3.8) is 0 Å². The van der Waals surface area contributed by atoms with E-state index in [1.165, 1.54) is 6.42 Å². The summed E-state index contributed by atoms with van der Waals surface area (Å²) in [5.74, 6) is 0. The van der Waals surface area contributed by atoms with Crippen molar-refractivity contribution >= 4 is 0 Å². The van der Waals surface area contributed by atoms with Crippen molar-refractivity contribution in [2.45, 2.75) is 56.1 Å². The van der Waals surface area contributed by atoms with Crippen LogP contribution in [0.4, 0.5) is 0 Å². The van der Waals surface area contributed by atoms with E-state index < -0.39 is 16.6 Å². The van der Waals surface area contributed by atoms with E-state index in [0.717, 1.165) is 25.7 Å². The summed E-state index contributed by atoms with van der Waals surface area (Å²) >= 11 is 0. The molecule has 2 heteroatoms. The van der Waals surface area contributed by atoms with Crippen LogP contribution in [0.25, 0.3) is 0 Å². The maximum Gasteiger partial charge on any atom is 0.0951 e. The number of hydrogen-bond acceptors (Lipinski definition) is 2. The summed E-state index contributed by atoms with van der Waals surface area (Å²) in [6.07, 6.45) is 22.0. The predicted octanol–water partition coefficient (Wildman–Crippen LogP) is 3.43. The lowest BCUT2D eigenvalue weighted by atomic mass is 9.52. The van der Waals surface area contributed by atoms with Crippen LogP contribution >= 0.6 is 0 Å². The highest BCUT2D eigenvalue weighted by atomic mass is 16.3. The van der Waals surface area contributed by atoms with E-state index in [0.29, 0.717) is 12.8 Å². The minimum absolute atomic E-state index is 0.471. The molecule has 2 atom stereocenters. The molecule has 1 saturated carbocycles. The third kappa shape index (κ3) is 1.94. The topological polar surface area (TPSA) is 40.5 Å². The molecule has 0 radical (unpaired) electrons. The Kier molecular flexibility index (Phi) is 3.47. The molecular formula is C18H24O2. The molecular weight excluding hydrogens is 248 g/mol. The van der Waals surface area contributed by atoms with Gasteiger partial charge < -0.3 is 10.2 Å². The second-order valence-corrected chi connectivity index (χ2v) is 6.47. The second kappa shape index (κ2) is 5.01. The highest BCUT2D eigenvalue weighted by molar-refractivity contribution is 5.32. The first-order valence-corrected chi connectivity index (χ1v) is 7.76. The smallest absolute Gasteiger partial charge is 0.0951 e. The van der Waals surface area contributed by atoms with Gasteiger partial charge in [0.25, 0.3) is 0 Å². The lowest BCUT2D eigenvalue weighted by Crippen LogP contribution is -2.61. The zero-order chi connectivity index (χ0) is 14.1. The Balaban J connectivity index is 2.05. The number of allylic oxidation sites excluding steroid dienone is 4. The normalized spacial score (nSPS) is 39.1. The van der Waals surface area contributed by atoms with E-state index >= 15 is 0 Å². The predicted molar refractivity (Wildman–Crippen MR) is 81.2 cm³/mol. The van der Waals surface area contributed by atoms with Gasteiger partial charge in [-0.2, -0.15) is 0 Å². The molecule has 0 aromatic rings. The Morgan fingerprint density at radius 2 is 1.15 bits per heavy atom. The molecule has 0 spiro atoms. The fourth-order valence-electron chi connectivity index (χ4n) is 4.32. The van der Waals surface area contributed by atoms with Crippen LogP contribution in [0.2, 0.25) is 0 Å². The van der Waals surface area contributed by atoms with Crippen LogP contribution in [0, 0.1) is 5.41 Å². The Morgan fingerprint density at radius 1 is 0.650 bits per heavy atom. The highest BCUT2D eigenvalue weighted by Gasteiger charge is 2.59. The summed E-state index contributed by atoms with van der Waals surface area (Å²) in [5, 5.41) is 22.6. The van der Waals surface area contributed by atoms with Crippen LogP contribution in [-0.2, 0) is 0 Å². The number of rotatable bonds is 2. The summed E-state index contributed by atoms with van der Waals surface area (Å²) in [6.45, 7) is 0. The van der Waals surface area contributed by atoms with E-state index in [9.17, 15) is 10.2 Å². The SMILES string of the molecule is OC1(C2(C3(O)C=CC=CC3)CCCCC2)C=CC=CC1. The van der Waals surface area contributed by atoms with Crippen molar-refractivity contribution in [3.8, 4) is 0 Å². The lowest BCUT2D eigenvalue weighted by molar-refractivity contribution is -0.169. The maximum atomic E-state index is 11.3. The second-order valence-electron chi connectivity index (χ2n) is 6.47. The molecule has 20 heavy (non-hydrogen) atoms. The molecule has 0 heterocycles. The first-order valence-electron chi connectivity index (χ1n) is 7.76. The van der Waals surface area contributed by atoms with Gasteiger partial charge in [-0.1, -0.05) is 67.9 Å². The quantitative estimate of drug-likeness (QED) is 0.808. The van der Waals surface area contributed by atoms with Crippen LogP contribution in [0.3, 0.4) is 0 Å². The Bertz CT molecular complexity index is 442. The first-order chi connectivity index (χ1) is 9.62. The third-order valence-electron chi connectivity index (χ3n) is 5.46. The van der Waals surface area contributed by atoms with Gasteiger partial charge in [-0.25, -0.2) is 0 Å². The van der Waals surface area contributed by atoms with Crippen LogP contribution < -0.4 is 0 Å². The van der Waals surface area contributed by atoms with Gasteiger partial charge in [0, 0.05) is 5.41 Å². The van der Waals surface area contributed by atoms with Gasteiger partial charge >= 0.3 is 0 Å². The van der Waals surface area contributed by atoms with Crippen molar-refractivity contribution in [3.05, 3.63) is 48.6 Å². The summed E-state index contributed by atoms with van der Waals surface area (Å²) < 4.78 is 0. The minimum Gasteiger partial charge on any atom is -0.385 e. The Labute approximate surface area is 121 Å². The average molecular weight is 272 g/mol. The van der Waals surface area contributed by atoms with E-state index in [1.807, 2.05) is 48.6 Å². The van der Waals surface area contributed by atoms with Crippen LogP contribution in [0.15, 0.2) is 48.6 Å². The zero-order valence-electron chi connectivity index (χ0n) is 12.0. The Hall–Kier alpha value is -1.12. The van der Waals surface area contributed by atoms with Crippen molar-refractivity contribution in [2.24, 2.45) is 5.41 Å². The zero-order valence-corrected chi connectivity index (χ0v) is 12.0. The van der Waals surface area contributed by atoms with Gasteiger partial charge in [0.1, 0.15) is 0 Å². The Morgan fingerprint density at radius 3 is 1.55 bits per heavy atom. The summed E-state index contributed by atoms with van der Waals surface area (Å²) in [6, 6.07) is 0. The molecule has 2 N–H and O–H groups in total. The summed E-state index contributed by atoms with van der Waals surface area (Å²) in [4.78, 5) is 0. The van der Waals surface area contributed by atoms with Crippen molar-refractivity contribution in [2.75, 3.05) is 0 Å². The maximum absolute atomic E-state index is 11.3. The summed E-state index contributed by atoms with van der Waals surface area (Å²) in [5.41, 5.74) is -2.35. The van der Waals surface area contributed by atoms with E-state index in [4.69, 9.17) is 0 Å². The molecule has 2 nitrogen and oxygen atoms in total. The molecule has 108 valence electrons. The monoisotopic (exact) mass is 272 g/mol. The molecule has 1 fully saturated rings. The third-order valence-corrected chi connectivity index (χ3v) is 5.46. The molecule has 0 aliphatic heterocycles. The van der Waals surface area contributed by atoms with E-state index in [-0.39, 0.29) is 0 Å². The van der Waals surface area contributed by atoms with Gasteiger partial charge in [0.15, 0.2) is 0 Å². The lowest BCUT2D eigenvalue weighted by Gasteiger charge is -2.56. The molecule has 3 aliphatic rings. The van der Waals surface area contributed by atoms with Gasteiger partial charge in [-0.15, -0.1) is 0 Å². The van der Waals surface area contributed by atoms with Crippen LogP contribution in [0.5, 0.6) is 0 Å². The molecule has 0 aromatic heterocycles. The van der Waals surface area contributed by atoms with Crippen LogP contribution in [-0.4, -0.2) is 21.4 Å². The fraction of sp³-hybridized carbons (Fsp3) is 0.556. The molecule has 0 amide bonds. The molecule has 2 unspecified atom stereocenters. The highest BCUT2D eigenvalue weighted by Crippen LogP contribution is 2.56. The van der Waals surface area contributed by atoms with Gasteiger partial charge in [0.05, 0.1) is 11.2 Å². The van der Waals surface area contributed by atoms with Gasteiger partial charge in [-0.05, 0) is 25.7 Å². The molecule has 0 bridgehead atoms. The standard InChI is InChI=1S/C18H24O2/c19-17(12-6-2-7-13-17)16(10-4-1-5-11-16)18(20)14-8-3-9-15-18/h2-3,6-9,12,14,19-20H,1,4-5,10-11,13,15H2. The number of aliphatic hydroxyl groups is 2. The molecule has 3 rings (SSSR count). The average Bonchev–Trinajstić information content (AvgIpc) is 2.49.